The van der Waals surface area contributed by atoms with Crippen LogP contribution in [0.5, 0.6) is 0 Å². The summed E-state index contributed by atoms with van der Waals surface area (Å²) in [6.07, 6.45) is 5.04. The fraction of sp³-hybridized carbons (Fsp3) is 0.130. The van der Waals surface area contributed by atoms with Gasteiger partial charge in [-0.15, -0.1) is 0 Å². The highest BCUT2D eigenvalue weighted by Gasteiger charge is 2.14. The Balaban J connectivity index is 1.25. The predicted octanol–water partition coefficient (Wildman–Crippen LogP) is 3.39. The SMILES string of the molecule is O=c1c(CNCc2noc(-c3c[nH]c4ncccc34)n2)cccn1Cc1cc(F)cc(F)c1. The fourth-order valence-electron chi connectivity index (χ4n) is 3.62. The number of benzene rings is 1. The van der Waals surface area contributed by atoms with Crippen molar-refractivity contribution in [2.45, 2.75) is 19.6 Å². The van der Waals surface area contributed by atoms with E-state index in [-0.39, 0.29) is 25.2 Å². The minimum atomic E-state index is -0.681. The molecule has 0 bridgehead atoms. The summed E-state index contributed by atoms with van der Waals surface area (Å²) in [4.78, 5) is 24.5. The molecule has 0 fully saturated rings. The zero-order valence-electron chi connectivity index (χ0n) is 17.3. The summed E-state index contributed by atoms with van der Waals surface area (Å²) in [5.41, 5.74) is 2.10. The summed E-state index contributed by atoms with van der Waals surface area (Å²) in [7, 11) is 0. The van der Waals surface area contributed by atoms with Gasteiger partial charge in [0.2, 0.25) is 0 Å². The molecule has 1 aromatic carbocycles. The van der Waals surface area contributed by atoms with Crippen LogP contribution in [0, 0.1) is 11.6 Å². The van der Waals surface area contributed by atoms with Crippen molar-refractivity contribution in [2.24, 2.45) is 0 Å². The second-order valence-corrected chi connectivity index (χ2v) is 7.47. The number of nitrogens with one attached hydrogen (secondary N) is 2. The topological polar surface area (TPSA) is 102 Å². The van der Waals surface area contributed by atoms with Crippen LogP contribution in [0.4, 0.5) is 8.78 Å². The summed E-state index contributed by atoms with van der Waals surface area (Å²) in [5.74, 6) is -0.552. The summed E-state index contributed by atoms with van der Waals surface area (Å²) in [5, 5.41) is 7.99. The van der Waals surface area contributed by atoms with Gasteiger partial charge in [0.05, 0.1) is 18.7 Å². The lowest BCUT2D eigenvalue weighted by molar-refractivity contribution is 0.419. The monoisotopic (exact) mass is 448 g/mol. The summed E-state index contributed by atoms with van der Waals surface area (Å²) in [6.45, 7) is 0.612. The molecule has 8 nitrogen and oxygen atoms in total. The Morgan fingerprint density at radius 3 is 2.79 bits per heavy atom. The molecule has 0 aliphatic carbocycles. The van der Waals surface area contributed by atoms with Gasteiger partial charge in [-0.25, -0.2) is 13.8 Å². The van der Waals surface area contributed by atoms with E-state index in [1.807, 2.05) is 12.1 Å². The van der Waals surface area contributed by atoms with E-state index in [1.54, 1.807) is 30.7 Å². The molecule has 5 rings (SSSR count). The minimum Gasteiger partial charge on any atom is -0.345 e. The van der Waals surface area contributed by atoms with Gasteiger partial charge in [0.1, 0.15) is 17.3 Å². The van der Waals surface area contributed by atoms with Gasteiger partial charge in [-0.1, -0.05) is 11.2 Å². The van der Waals surface area contributed by atoms with E-state index < -0.39 is 11.6 Å². The van der Waals surface area contributed by atoms with E-state index in [1.165, 1.54) is 16.7 Å². The lowest BCUT2D eigenvalue weighted by atomic mass is 10.2. The Labute approximate surface area is 185 Å². The number of nitrogens with zero attached hydrogens (tertiary/aromatic N) is 4. The molecule has 4 heterocycles. The standard InChI is InChI=1S/C23H18F2N6O2/c24-16-7-14(8-17(25)9-16)13-31-6-2-3-15(23(31)32)10-26-12-20-29-22(33-30-20)19-11-28-21-18(19)4-1-5-27-21/h1-9,11,26H,10,12-13H2,(H,27,28). The molecule has 0 amide bonds. The first-order valence-electron chi connectivity index (χ1n) is 10.2. The first-order valence-corrected chi connectivity index (χ1v) is 10.2. The third-order valence-electron chi connectivity index (χ3n) is 5.12. The summed E-state index contributed by atoms with van der Waals surface area (Å²) >= 11 is 0. The van der Waals surface area contributed by atoms with Crippen LogP contribution in [0.2, 0.25) is 0 Å². The normalized spacial score (nSPS) is 11.3. The molecule has 166 valence electrons. The number of aromatic amines is 1. The molecule has 0 unspecified atom stereocenters. The molecule has 0 saturated carbocycles. The van der Waals surface area contributed by atoms with Gasteiger partial charge in [-0.05, 0) is 35.9 Å². The van der Waals surface area contributed by atoms with Gasteiger partial charge < -0.3 is 19.4 Å². The second kappa shape index (κ2) is 8.75. The van der Waals surface area contributed by atoms with Crippen LogP contribution in [0.3, 0.4) is 0 Å². The number of pyridine rings is 2. The third kappa shape index (κ3) is 4.41. The lowest BCUT2D eigenvalue weighted by Crippen LogP contribution is -2.27. The van der Waals surface area contributed by atoms with Gasteiger partial charge in [0.25, 0.3) is 11.4 Å². The van der Waals surface area contributed by atoms with Crippen LogP contribution < -0.4 is 10.9 Å². The molecule has 0 aliphatic rings. The lowest BCUT2D eigenvalue weighted by Gasteiger charge is -2.09. The Morgan fingerprint density at radius 1 is 1.09 bits per heavy atom. The predicted molar refractivity (Wildman–Crippen MR) is 116 cm³/mol. The number of H-pyrrole nitrogens is 1. The van der Waals surface area contributed by atoms with Crippen molar-refractivity contribution in [3.8, 4) is 11.5 Å². The molecule has 5 aromatic rings. The van der Waals surface area contributed by atoms with E-state index in [2.05, 4.69) is 25.4 Å². The van der Waals surface area contributed by atoms with E-state index >= 15 is 0 Å². The first kappa shape index (κ1) is 20.7. The highest BCUT2D eigenvalue weighted by molar-refractivity contribution is 5.90. The highest BCUT2D eigenvalue weighted by atomic mass is 19.1. The molecule has 0 atom stereocenters. The molecule has 0 spiro atoms. The van der Waals surface area contributed by atoms with Gasteiger partial charge in [0.15, 0.2) is 5.82 Å². The van der Waals surface area contributed by atoms with Crippen molar-refractivity contribution in [1.29, 1.82) is 0 Å². The molecular formula is C23H18F2N6O2. The molecule has 33 heavy (non-hydrogen) atoms. The first-order chi connectivity index (χ1) is 16.1. The molecule has 0 saturated heterocycles. The van der Waals surface area contributed by atoms with Gasteiger partial charge in [-0.2, -0.15) is 4.98 Å². The van der Waals surface area contributed by atoms with E-state index in [4.69, 9.17) is 4.52 Å². The molecule has 10 heteroatoms. The Bertz CT molecular complexity index is 1470. The van der Waals surface area contributed by atoms with Crippen LogP contribution >= 0.6 is 0 Å². The Kier molecular flexibility index (Phi) is 5.49. The zero-order valence-corrected chi connectivity index (χ0v) is 17.3. The van der Waals surface area contributed by atoms with Gasteiger partial charge in [0, 0.05) is 42.2 Å². The number of halogens is 2. The molecule has 2 N–H and O–H groups in total. The van der Waals surface area contributed by atoms with Crippen LogP contribution in [0.15, 0.2) is 70.4 Å². The van der Waals surface area contributed by atoms with Crippen molar-refractivity contribution in [1.82, 2.24) is 30.0 Å². The maximum absolute atomic E-state index is 13.4. The average molecular weight is 448 g/mol. The number of hydrogen-bond donors (Lipinski definition) is 2. The molecular weight excluding hydrogens is 430 g/mol. The molecule has 0 aliphatic heterocycles. The van der Waals surface area contributed by atoms with E-state index in [9.17, 15) is 13.6 Å². The van der Waals surface area contributed by atoms with Crippen LogP contribution in [-0.4, -0.2) is 24.7 Å². The number of hydrogen-bond acceptors (Lipinski definition) is 6. The minimum absolute atomic E-state index is 0.0645. The third-order valence-corrected chi connectivity index (χ3v) is 5.12. The van der Waals surface area contributed by atoms with Gasteiger partial charge in [-0.3, -0.25) is 4.79 Å². The van der Waals surface area contributed by atoms with E-state index in [0.717, 1.165) is 22.7 Å². The fourth-order valence-corrected chi connectivity index (χ4v) is 3.62. The molecule has 0 radical (unpaired) electrons. The van der Waals surface area contributed by atoms with Gasteiger partial charge >= 0.3 is 0 Å². The van der Waals surface area contributed by atoms with E-state index in [0.29, 0.717) is 22.8 Å². The largest absolute Gasteiger partial charge is 0.345 e. The quantitative estimate of drug-likeness (QED) is 0.396. The zero-order chi connectivity index (χ0) is 22.8. The second-order valence-electron chi connectivity index (χ2n) is 7.47. The van der Waals surface area contributed by atoms with Crippen molar-refractivity contribution in [3.63, 3.8) is 0 Å². The average Bonchev–Trinajstić information content (AvgIpc) is 3.42. The molecule has 4 aromatic heterocycles. The Hall–Kier alpha value is -4.18. The highest BCUT2D eigenvalue weighted by Crippen LogP contribution is 2.25. The van der Waals surface area contributed by atoms with Crippen LogP contribution in [-0.2, 0) is 19.6 Å². The maximum Gasteiger partial charge on any atom is 0.260 e. The van der Waals surface area contributed by atoms with Crippen molar-refractivity contribution in [3.05, 3.63) is 100.0 Å². The maximum atomic E-state index is 13.4. The summed E-state index contributed by atoms with van der Waals surface area (Å²) < 4.78 is 33.7. The van der Waals surface area contributed by atoms with Crippen molar-refractivity contribution in [2.75, 3.05) is 0 Å². The summed E-state index contributed by atoms with van der Waals surface area (Å²) in [6, 6.07) is 10.4. The number of rotatable bonds is 7. The van der Waals surface area contributed by atoms with Crippen molar-refractivity contribution < 1.29 is 13.3 Å². The van der Waals surface area contributed by atoms with Crippen molar-refractivity contribution >= 4 is 11.0 Å². The van der Waals surface area contributed by atoms with Crippen LogP contribution in [0.1, 0.15) is 17.0 Å². The Morgan fingerprint density at radius 2 is 1.94 bits per heavy atom. The smallest absolute Gasteiger partial charge is 0.260 e. The number of fused-ring (bicyclic) bond motifs is 1. The number of aromatic nitrogens is 5. The van der Waals surface area contributed by atoms with Crippen LogP contribution in [0.25, 0.3) is 22.5 Å².